The number of β-amino-alcohol motifs (C(OH)–C–C–N with tert-alkyl or cyclic N) is 1. The van der Waals surface area contributed by atoms with Gasteiger partial charge in [0.15, 0.2) is 0 Å². The van der Waals surface area contributed by atoms with Crippen LogP contribution >= 0.6 is 0 Å². The highest BCUT2D eigenvalue weighted by molar-refractivity contribution is 5.94. The molecule has 1 aromatic heterocycles. The van der Waals surface area contributed by atoms with E-state index in [9.17, 15) is 14.7 Å². The molecular formula is C18H20N2O3. The number of nitrogens with zero attached hydrogens (tertiary/aromatic N) is 2. The normalized spacial score (nSPS) is 17.0. The molecule has 1 amide bonds. The van der Waals surface area contributed by atoms with Crippen molar-refractivity contribution in [2.45, 2.75) is 26.5 Å². The van der Waals surface area contributed by atoms with E-state index in [0.29, 0.717) is 6.54 Å². The van der Waals surface area contributed by atoms with Gasteiger partial charge in [0.1, 0.15) is 5.56 Å². The number of pyridine rings is 1. The minimum atomic E-state index is -0.723. The molecule has 0 saturated carbocycles. The SMILES string of the molecule is Cc1cc(C(=O)N2Cc3ccccc3[C@@H](O)C2)c(=O)n(C)c1C. The maximum absolute atomic E-state index is 12.8. The van der Waals surface area contributed by atoms with Gasteiger partial charge in [0.05, 0.1) is 12.6 Å². The Bertz CT molecular complexity index is 839. The van der Waals surface area contributed by atoms with Crippen LogP contribution in [0.2, 0.25) is 0 Å². The Hall–Kier alpha value is -2.40. The van der Waals surface area contributed by atoms with E-state index in [1.54, 1.807) is 18.0 Å². The zero-order valence-corrected chi connectivity index (χ0v) is 13.5. The minimum absolute atomic E-state index is 0.155. The van der Waals surface area contributed by atoms with Crippen molar-refractivity contribution < 1.29 is 9.90 Å². The van der Waals surface area contributed by atoms with Crippen LogP contribution in [0, 0.1) is 13.8 Å². The van der Waals surface area contributed by atoms with Crippen LogP contribution in [0.4, 0.5) is 0 Å². The van der Waals surface area contributed by atoms with Gasteiger partial charge in [-0.05, 0) is 36.6 Å². The molecule has 1 aliphatic heterocycles. The zero-order valence-electron chi connectivity index (χ0n) is 13.5. The first-order chi connectivity index (χ1) is 10.9. The van der Waals surface area contributed by atoms with Crippen LogP contribution in [-0.4, -0.2) is 27.0 Å². The lowest BCUT2D eigenvalue weighted by Crippen LogP contribution is -2.41. The van der Waals surface area contributed by atoms with Crippen molar-refractivity contribution in [2.24, 2.45) is 7.05 Å². The number of hydrogen-bond acceptors (Lipinski definition) is 3. The number of aryl methyl sites for hydroxylation is 1. The molecular weight excluding hydrogens is 292 g/mol. The molecule has 0 unspecified atom stereocenters. The van der Waals surface area contributed by atoms with Gasteiger partial charge in [-0.1, -0.05) is 24.3 Å². The number of aliphatic hydroxyl groups is 1. The highest BCUT2D eigenvalue weighted by atomic mass is 16.3. The number of fused-ring (bicyclic) bond motifs is 1. The summed E-state index contributed by atoms with van der Waals surface area (Å²) < 4.78 is 1.50. The molecule has 0 spiro atoms. The van der Waals surface area contributed by atoms with Gasteiger partial charge in [-0.2, -0.15) is 0 Å². The second-order valence-electron chi connectivity index (χ2n) is 6.09. The maximum Gasteiger partial charge on any atom is 0.263 e. The third-order valence-electron chi connectivity index (χ3n) is 4.66. The van der Waals surface area contributed by atoms with Gasteiger partial charge in [-0.3, -0.25) is 9.59 Å². The summed E-state index contributed by atoms with van der Waals surface area (Å²) in [7, 11) is 1.67. The molecule has 1 atom stereocenters. The van der Waals surface area contributed by atoms with Crippen molar-refractivity contribution in [1.29, 1.82) is 0 Å². The first-order valence-electron chi connectivity index (χ1n) is 7.62. The van der Waals surface area contributed by atoms with E-state index < -0.39 is 6.10 Å². The topological polar surface area (TPSA) is 62.5 Å². The minimum Gasteiger partial charge on any atom is -0.387 e. The van der Waals surface area contributed by atoms with E-state index in [1.165, 1.54) is 4.57 Å². The summed E-state index contributed by atoms with van der Waals surface area (Å²) in [6, 6.07) is 9.17. The van der Waals surface area contributed by atoms with Gasteiger partial charge in [-0.15, -0.1) is 0 Å². The van der Waals surface area contributed by atoms with Gasteiger partial charge >= 0.3 is 0 Å². The Balaban J connectivity index is 1.99. The lowest BCUT2D eigenvalue weighted by molar-refractivity contribution is 0.0547. The molecule has 0 fully saturated rings. The largest absolute Gasteiger partial charge is 0.387 e. The van der Waals surface area contributed by atoms with Crippen molar-refractivity contribution in [2.75, 3.05) is 6.54 Å². The molecule has 2 aromatic rings. The summed E-state index contributed by atoms with van der Waals surface area (Å²) in [6.07, 6.45) is -0.723. The van der Waals surface area contributed by atoms with Crippen LogP contribution in [0.5, 0.6) is 0 Å². The smallest absolute Gasteiger partial charge is 0.263 e. The van der Waals surface area contributed by atoms with Crippen molar-refractivity contribution in [3.63, 3.8) is 0 Å². The summed E-state index contributed by atoms with van der Waals surface area (Å²) in [6.45, 7) is 4.34. The summed E-state index contributed by atoms with van der Waals surface area (Å²) in [5.74, 6) is -0.331. The molecule has 2 heterocycles. The summed E-state index contributed by atoms with van der Waals surface area (Å²) >= 11 is 0. The van der Waals surface area contributed by atoms with E-state index in [-0.39, 0.29) is 23.6 Å². The Labute approximate surface area is 134 Å². The van der Waals surface area contributed by atoms with Crippen LogP contribution in [0.3, 0.4) is 0 Å². The lowest BCUT2D eigenvalue weighted by atomic mass is 9.97. The number of carbonyl (C=O) groups is 1. The number of aromatic nitrogens is 1. The number of aliphatic hydroxyl groups excluding tert-OH is 1. The van der Waals surface area contributed by atoms with E-state index in [2.05, 4.69) is 0 Å². The predicted octanol–water partition coefficient (Wildman–Crippen LogP) is 1.69. The average Bonchev–Trinajstić information content (AvgIpc) is 2.55. The first-order valence-corrected chi connectivity index (χ1v) is 7.62. The van der Waals surface area contributed by atoms with Crippen LogP contribution in [0.1, 0.15) is 38.8 Å². The fraction of sp³-hybridized carbons (Fsp3) is 0.333. The molecule has 1 N–H and O–H groups in total. The lowest BCUT2D eigenvalue weighted by Gasteiger charge is -2.32. The molecule has 0 aliphatic carbocycles. The van der Waals surface area contributed by atoms with Gasteiger partial charge in [0, 0.05) is 19.3 Å². The van der Waals surface area contributed by atoms with Crippen molar-refractivity contribution in [1.82, 2.24) is 9.47 Å². The fourth-order valence-electron chi connectivity index (χ4n) is 3.04. The number of benzene rings is 1. The van der Waals surface area contributed by atoms with Gasteiger partial charge < -0.3 is 14.6 Å². The Morgan fingerprint density at radius 2 is 1.96 bits per heavy atom. The van der Waals surface area contributed by atoms with Crippen LogP contribution < -0.4 is 5.56 Å². The first kappa shape index (κ1) is 15.5. The average molecular weight is 312 g/mol. The monoisotopic (exact) mass is 312 g/mol. The Morgan fingerprint density at radius 3 is 2.70 bits per heavy atom. The number of hydrogen-bond donors (Lipinski definition) is 1. The standard InChI is InChI=1S/C18H20N2O3/c1-11-8-15(17(22)19(3)12(11)2)18(23)20-9-13-6-4-5-7-14(13)16(21)10-20/h4-8,16,21H,9-10H2,1-3H3/t16-/m0/s1. The van der Waals surface area contributed by atoms with Crippen LogP contribution in [0.25, 0.3) is 0 Å². The van der Waals surface area contributed by atoms with Gasteiger partial charge in [0.2, 0.25) is 0 Å². The van der Waals surface area contributed by atoms with E-state index in [0.717, 1.165) is 22.4 Å². The molecule has 5 nitrogen and oxygen atoms in total. The molecule has 1 aliphatic rings. The predicted molar refractivity (Wildman–Crippen MR) is 87.3 cm³/mol. The van der Waals surface area contributed by atoms with Crippen LogP contribution in [0.15, 0.2) is 35.1 Å². The summed E-state index contributed by atoms with van der Waals surface area (Å²) in [5, 5.41) is 10.3. The molecule has 1 aromatic carbocycles. The fourth-order valence-corrected chi connectivity index (χ4v) is 3.04. The Kier molecular flexibility index (Phi) is 3.82. The van der Waals surface area contributed by atoms with E-state index in [4.69, 9.17) is 0 Å². The van der Waals surface area contributed by atoms with Gasteiger partial charge in [-0.25, -0.2) is 0 Å². The molecule has 0 bridgehead atoms. The molecule has 5 heteroatoms. The molecule has 23 heavy (non-hydrogen) atoms. The second kappa shape index (κ2) is 5.66. The molecule has 120 valence electrons. The highest BCUT2D eigenvalue weighted by Crippen LogP contribution is 2.27. The number of carbonyl (C=O) groups excluding carboxylic acids is 1. The summed E-state index contributed by atoms with van der Waals surface area (Å²) in [4.78, 5) is 26.7. The van der Waals surface area contributed by atoms with Crippen molar-refractivity contribution in [3.8, 4) is 0 Å². The van der Waals surface area contributed by atoms with E-state index in [1.807, 2.05) is 38.1 Å². The highest BCUT2D eigenvalue weighted by Gasteiger charge is 2.28. The second-order valence-corrected chi connectivity index (χ2v) is 6.09. The van der Waals surface area contributed by atoms with Crippen molar-refractivity contribution >= 4 is 5.91 Å². The molecule has 0 radical (unpaired) electrons. The van der Waals surface area contributed by atoms with E-state index >= 15 is 0 Å². The Morgan fingerprint density at radius 1 is 1.26 bits per heavy atom. The molecule has 3 rings (SSSR count). The third-order valence-corrected chi connectivity index (χ3v) is 4.66. The molecule has 0 saturated heterocycles. The maximum atomic E-state index is 12.8. The summed E-state index contributed by atoms with van der Waals surface area (Å²) in [5.41, 5.74) is 3.36. The number of rotatable bonds is 1. The van der Waals surface area contributed by atoms with Crippen LogP contribution in [-0.2, 0) is 13.6 Å². The van der Waals surface area contributed by atoms with Gasteiger partial charge in [0.25, 0.3) is 11.5 Å². The zero-order chi connectivity index (χ0) is 16.7. The van der Waals surface area contributed by atoms with Crippen molar-refractivity contribution in [3.05, 3.63) is 68.6 Å². The third kappa shape index (κ3) is 2.57. The number of amides is 1. The quantitative estimate of drug-likeness (QED) is 0.871.